The molecule has 6 aromatic carbocycles. The van der Waals surface area contributed by atoms with Gasteiger partial charge in [-0.25, -0.2) is 4.99 Å². The number of fused-ring (bicyclic) bond motifs is 6. The summed E-state index contributed by atoms with van der Waals surface area (Å²) in [6.45, 7) is 4.67. The molecule has 3 heteroatoms. The van der Waals surface area contributed by atoms with Crippen molar-refractivity contribution >= 4 is 33.5 Å². The van der Waals surface area contributed by atoms with Crippen LogP contribution >= 0.6 is 0 Å². The van der Waals surface area contributed by atoms with E-state index in [9.17, 15) is 0 Å². The summed E-state index contributed by atoms with van der Waals surface area (Å²) in [6.07, 6.45) is 0.737. The lowest BCUT2D eigenvalue weighted by Gasteiger charge is -2.25. The van der Waals surface area contributed by atoms with Crippen LogP contribution < -0.4 is 0 Å². The van der Waals surface area contributed by atoms with Crippen molar-refractivity contribution < 1.29 is 4.42 Å². The number of amidine groups is 1. The van der Waals surface area contributed by atoms with Crippen LogP contribution in [0.4, 0.5) is 0 Å². The van der Waals surface area contributed by atoms with Crippen LogP contribution in [0.1, 0.15) is 54.1 Å². The van der Waals surface area contributed by atoms with Gasteiger partial charge in [0.05, 0.1) is 11.8 Å². The molecule has 1 aliphatic carbocycles. The van der Waals surface area contributed by atoms with Crippen molar-refractivity contribution in [1.29, 1.82) is 0 Å². The van der Waals surface area contributed by atoms with Gasteiger partial charge in [0.25, 0.3) is 0 Å². The molecule has 0 fully saturated rings. The molecule has 220 valence electrons. The molecule has 0 amide bonds. The maximum absolute atomic E-state index is 6.34. The molecule has 0 spiro atoms. The van der Waals surface area contributed by atoms with Gasteiger partial charge >= 0.3 is 0 Å². The number of hydrogen-bond donors (Lipinski definition) is 0. The third-order valence-electron chi connectivity index (χ3n) is 9.86. The van der Waals surface area contributed by atoms with Crippen LogP contribution in [-0.4, -0.2) is 11.5 Å². The molecule has 7 aromatic rings. The summed E-state index contributed by atoms with van der Waals surface area (Å²) in [6, 6.07) is 49.5. The van der Waals surface area contributed by atoms with E-state index in [2.05, 4.69) is 135 Å². The zero-order chi connectivity index (χ0) is 30.8. The molecular formula is C43H32N2O. The van der Waals surface area contributed by atoms with E-state index < -0.39 is 0 Å². The van der Waals surface area contributed by atoms with Gasteiger partial charge in [0.2, 0.25) is 0 Å². The summed E-state index contributed by atoms with van der Waals surface area (Å²) in [5, 5.41) is 2.28. The zero-order valence-corrected chi connectivity index (χ0v) is 25.9. The Labute approximate surface area is 268 Å². The molecule has 1 aliphatic heterocycles. The monoisotopic (exact) mass is 592 g/mol. The number of hydrogen-bond acceptors (Lipinski definition) is 3. The minimum Gasteiger partial charge on any atom is -0.455 e. The minimum atomic E-state index is -0.0575. The topological polar surface area (TPSA) is 37.9 Å². The van der Waals surface area contributed by atoms with Crippen LogP contribution in [0, 0.1) is 0 Å². The van der Waals surface area contributed by atoms with E-state index in [1.165, 1.54) is 27.8 Å². The fourth-order valence-electron chi connectivity index (χ4n) is 7.43. The van der Waals surface area contributed by atoms with Gasteiger partial charge in [-0.3, -0.25) is 4.99 Å². The van der Waals surface area contributed by atoms with Crippen LogP contribution in [0.15, 0.2) is 154 Å². The van der Waals surface area contributed by atoms with Crippen LogP contribution in [0.25, 0.3) is 44.2 Å². The lowest BCUT2D eigenvalue weighted by molar-refractivity contribution is 0.655. The largest absolute Gasteiger partial charge is 0.455 e. The molecule has 1 aromatic heterocycles. The Bertz CT molecular complexity index is 2360. The number of rotatable bonds is 4. The van der Waals surface area contributed by atoms with E-state index >= 15 is 0 Å². The van der Waals surface area contributed by atoms with E-state index in [0.29, 0.717) is 0 Å². The smallest absolute Gasteiger partial charge is 0.155 e. The predicted molar refractivity (Wildman–Crippen MR) is 190 cm³/mol. The number of para-hydroxylation sites is 2. The first-order chi connectivity index (χ1) is 22.5. The molecule has 3 nitrogen and oxygen atoms in total. The normalized spacial score (nSPS) is 16.6. The second-order valence-corrected chi connectivity index (χ2v) is 12.9. The molecule has 2 heterocycles. The van der Waals surface area contributed by atoms with Crippen molar-refractivity contribution in [2.75, 3.05) is 0 Å². The Morgan fingerprint density at radius 3 is 2.15 bits per heavy atom. The highest BCUT2D eigenvalue weighted by molar-refractivity contribution is 6.14. The van der Waals surface area contributed by atoms with Crippen molar-refractivity contribution in [1.82, 2.24) is 0 Å². The average molecular weight is 593 g/mol. The molecule has 0 saturated heterocycles. The molecular weight excluding hydrogens is 560 g/mol. The molecule has 0 N–H and O–H groups in total. The summed E-state index contributed by atoms with van der Waals surface area (Å²) >= 11 is 0. The first-order valence-corrected chi connectivity index (χ1v) is 16.0. The fraction of sp³-hybridized carbons (Fsp3) is 0.116. The third kappa shape index (κ3) is 4.19. The van der Waals surface area contributed by atoms with E-state index in [-0.39, 0.29) is 11.5 Å². The maximum Gasteiger partial charge on any atom is 0.155 e. The highest BCUT2D eigenvalue weighted by Crippen LogP contribution is 2.49. The number of aliphatic imine (C=N–C) groups is 2. The van der Waals surface area contributed by atoms with Crippen LogP contribution in [0.2, 0.25) is 0 Å². The number of furan rings is 1. The molecule has 9 rings (SSSR count). The Morgan fingerprint density at radius 2 is 1.28 bits per heavy atom. The zero-order valence-electron chi connectivity index (χ0n) is 25.9. The van der Waals surface area contributed by atoms with Crippen LogP contribution in [0.5, 0.6) is 0 Å². The quantitative estimate of drug-likeness (QED) is 0.200. The first-order valence-electron chi connectivity index (χ1n) is 16.0. The summed E-state index contributed by atoms with van der Waals surface area (Å²) in [5.74, 6) is 0.783. The second kappa shape index (κ2) is 10.3. The predicted octanol–water partition coefficient (Wildman–Crippen LogP) is 10.9. The van der Waals surface area contributed by atoms with Gasteiger partial charge in [-0.2, -0.15) is 0 Å². The molecule has 1 atom stereocenters. The molecule has 0 radical (unpaired) electrons. The van der Waals surface area contributed by atoms with Gasteiger partial charge in [-0.1, -0.05) is 147 Å². The van der Waals surface area contributed by atoms with Crippen molar-refractivity contribution in [3.63, 3.8) is 0 Å². The highest BCUT2D eigenvalue weighted by Gasteiger charge is 2.36. The Balaban J connectivity index is 1.10. The summed E-state index contributed by atoms with van der Waals surface area (Å²) in [4.78, 5) is 10.4. The first kappa shape index (κ1) is 26.8. The van der Waals surface area contributed by atoms with Crippen molar-refractivity contribution in [3.8, 4) is 22.3 Å². The van der Waals surface area contributed by atoms with Gasteiger partial charge in [0.15, 0.2) is 5.84 Å². The van der Waals surface area contributed by atoms with E-state index in [0.717, 1.165) is 62.2 Å². The molecule has 1 unspecified atom stereocenters. The average Bonchev–Trinajstić information content (AvgIpc) is 3.61. The highest BCUT2D eigenvalue weighted by atomic mass is 16.3. The number of benzene rings is 6. The molecule has 2 aliphatic rings. The molecule has 0 saturated carbocycles. The summed E-state index contributed by atoms with van der Waals surface area (Å²) < 4.78 is 6.34. The Morgan fingerprint density at radius 1 is 0.587 bits per heavy atom. The van der Waals surface area contributed by atoms with Crippen LogP contribution in [-0.2, 0) is 5.41 Å². The van der Waals surface area contributed by atoms with Gasteiger partial charge < -0.3 is 4.42 Å². The fourth-order valence-corrected chi connectivity index (χ4v) is 7.43. The van der Waals surface area contributed by atoms with Gasteiger partial charge in [-0.15, -0.1) is 0 Å². The molecule has 46 heavy (non-hydrogen) atoms. The van der Waals surface area contributed by atoms with E-state index in [1.54, 1.807) is 0 Å². The molecule has 0 bridgehead atoms. The SMILES string of the molecule is CC1(C)c2ccccc2-c2ccc(C3CC(c4ccc(-c5cccc6c5oc5ccccc56)cc4)=NC(c4ccccc4)=N3)cc21. The number of nitrogens with zero attached hydrogens (tertiary/aromatic N) is 2. The van der Waals surface area contributed by atoms with Gasteiger partial charge in [0, 0.05) is 33.7 Å². The second-order valence-electron chi connectivity index (χ2n) is 12.9. The summed E-state index contributed by atoms with van der Waals surface area (Å²) in [7, 11) is 0. The maximum atomic E-state index is 6.34. The van der Waals surface area contributed by atoms with Gasteiger partial charge in [0.1, 0.15) is 11.2 Å². The Hall–Kier alpha value is -5.54. The van der Waals surface area contributed by atoms with Crippen molar-refractivity contribution in [3.05, 3.63) is 167 Å². The van der Waals surface area contributed by atoms with Crippen molar-refractivity contribution in [2.24, 2.45) is 9.98 Å². The van der Waals surface area contributed by atoms with Gasteiger partial charge in [-0.05, 0) is 45.0 Å². The lowest BCUT2D eigenvalue weighted by Crippen LogP contribution is -2.19. The Kier molecular flexibility index (Phi) is 5.98. The van der Waals surface area contributed by atoms with Crippen LogP contribution in [0.3, 0.4) is 0 Å². The summed E-state index contributed by atoms with van der Waals surface area (Å²) in [5.41, 5.74) is 13.9. The van der Waals surface area contributed by atoms with E-state index in [4.69, 9.17) is 14.4 Å². The minimum absolute atomic E-state index is 0.0310. The standard InChI is InChI=1S/C43H32N2O/c1-43(2)36-17-8-6-13-32(36)33-24-23-30(25-37(33)43)39-26-38(44-42(45-39)29-11-4-3-5-12-29)28-21-19-27(20-22-28)31-15-10-16-35-34-14-7-9-18-40(34)46-41(31)35/h3-25,39H,26H2,1-2H3. The van der Waals surface area contributed by atoms with E-state index in [1.807, 2.05) is 18.2 Å². The lowest BCUT2D eigenvalue weighted by atomic mass is 9.81. The third-order valence-corrected chi connectivity index (χ3v) is 9.86. The van der Waals surface area contributed by atoms with Crippen molar-refractivity contribution in [2.45, 2.75) is 31.7 Å².